The first-order chi connectivity index (χ1) is 14.1. The molecule has 1 unspecified atom stereocenters. The predicted molar refractivity (Wildman–Crippen MR) is 111 cm³/mol. The summed E-state index contributed by atoms with van der Waals surface area (Å²) in [6.45, 7) is 6.85. The second kappa shape index (κ2) is 6.89. The third kappa shape index (κ3) is 3.01. The lowest BCUT2D eigenvalue weighted by Gasteiger charge is -2.34. The van der Waals surface area contributed by atoms with Crippen molar-refractivity contribution >= 4 is 17.3 Å². The Morgan fingerprint density at radius 2 is 2.07 bits per heavy atom. The van der Waals surface area contributed by atoms with Crippen molar-refractivity contribution in [3.63, 3.8) is 0 Å². The fraction of sp³-hybridized carbons (Fsp3) is 0.364. The molecule has 146 valence electrons. The molecule has 0 radical (unpaired) electrons. The first-order valence-corrected chi connectivity index (χ1v) is 10.0. The molecular formula is C22H23N7. The summed E-state index contributed by atoms with van der Waals surface area (Å²) in [5.74, 6) is 2.08. The molecule has 0 bridgehead atoms. The van der Waals surface area contributed by atoms with Gasteiger partial charge in [-0.05, 0) is 43.5 Å². The lowest BCUT2D eigenvalue weighted by atomic mass is 10.0. The molecular weight excluding hydrogens is 362 g/mol. The maximum absolute atomic E-state index is 9.10. The van der Waals surface area contributed by atoms with Gasteiger partial charge >= 0.3 is 0 Å². The smallest absolute Gasteiger partial charge is 0.131 e. The molecule has 0 amide bonds. The molecule has 3 aromatic heterocycles. The van der Waals surface area contributed by atoms with Crippen molar-refractivity contribution in [2.24, 2.45) is 0 Å². The lowest BCUT2D eigenvalue weighted by Crippen LogP contribution is -2.33. The molecule has 29 heavy (non-hydrogen) atoms. The van der Waals surface area contributed by atoms with Crippen molar-refractivity contribution < 1.29 is 0 Å². The standard InChI is InChI=1S/C22H23N7/c1-15-9-17(11-23)12-25-22(15)27-7-5-20-18(14-27)10-19(13-24-20)28-8-4-16(2)29-21(28)3-6-26-29/h3,6,9-10,12-13,16H,4-5,7-8,14H2,1-2H3. The van der Waals surface area contributed by atoms with Crippen LogP contribution in [-0.4, -0.2) is 32.8 Å². The summed E-state index contributed by atoms with van der Waals surface area (Å²) >= 11 is 0. The highest BCUT2D eigenvalue weighted by atomic mass is 15.4. The Hall–Kier alpha value is -3.40. The first-order valence-electron chi connectivity index (χ1n) is 10.0. The SMILES string of the molecule is Cc1cc(C#N)cnc1N1CCc2ncc(N3CCC(C)n4nccc43)cc2C1. The van der Waals surface area contributed by atoms with E-state index in [0.717, 1.165) is 61.1 Å². The second-order valence-corrected chi connectivity index (χ2v) is 7.87. The van der Waals surface area contributed by atoms with E-state index in [0.29, 0.717) is 11.6 Å². The Balaban J connectivity index is 1.45. The van der Waals surface area contributed by atoms with Crippen LogP contribution in [0.1, 0.15) is 41.8 Å². The van der Waals surface area contributed by atoms with Gasteiger partial charge in [0.25, 0.3) is 0 Å². The van der Waals surface area contributed by atoms with Crippen LogP contribution in [-0.2, 0) is 13.0 Å². The number of fused-ring (bicyclic) bond motifs is 2. The summed E-state index contributed by atoms with van der Waals surface area (Å²) in [7, 11) is 0. The van der Waals surface area contributed by atoms with E-state index in [-0.39, 0.29) is 0 Å². The van der Waals surface area contributed by atoms with Crippen LogP contribution in [0.4, 0.5) is 17.3 Å². The molecule has 0 spiro atoms. The molecule has 0 fully saturated rings. The van der Waals surface area contributed by atoms with E-state index < -0.39 is 0 Å². The fourth-order valence-electron chi connectivity index (χ4n) is 4.38. The van der Waals surface area contributed by atoms with E-state index in [2.05, 4.69) is 49.7 Å². The van der Waals surface area contributed by atoms with Crippen LogP contribution in [0.15, 0.2) is 36.8 Å². The van der Waals surface area contributed by atoms with Gasteiger partial charge in [0, 0.05) is 44.0 Å². The minimum Gasteiger partial charge on any atom is -0.352 e. The number of rotatable bonds is 2. The van der Waals surface area contributed by atoms with E-state index >= 15 is 0 Å². The molecule has 5 heterocycles. The topological polar surface area (TPSA) is 73.9 Å². The van der Waals surface area contributed by atoms with Gasteiger partial charge in [-0.25, -0.2) is 9.67 Å². The zero-order valence-corrected chi connectivity index (χ0v) is 16.7. The molecule has 0 N–H and O–H groups in total. The summed E-state index contributed by atoms with van der Waals surface area (Å²) in [5, 5.41) is 13.6. The van der Waals surface area contributed by atoms with Crippen molar-refractivity contribution in [2.45, 2.75) is 39.3 Å². The van der Waals surface area contributed by atoms with Crippen LogP contribution in [0.2, 0.25) is 0 Å². The molecule has 3 aromatic rings. The Bertz CT molecular complexity index is 1110. The number of anilines is 3. The van der Waals surface area contributed by atoms with Gasteiger partial charge in [-0.3, -0.25) is 4.98 Å². The zero-order valence-electron chi connectivity index (χ0n) is 16.7. The molecule has 1 atom stereocenters. The second-order valence-electron chi connectivity index (χ2n) is 7.87. The quantitative estimate of drug-likeness (QED) is 0.672. The van der Waals surface area contributed by atoms with E-state index in [1.54, 1.807) is 6.20 Å². The first kappa shape index (κ1) is 17.7. The van der Waals surface area contributed by atoms with Crippen molar-refractivity contribution in [1.29, 1.82) is 5.26 Å². The number of nitriles is 1. The molecule has 2 aliphatic rings. The Morgan fingerprint density at radius 3 is 2.90 bits per heavy atom. The van der Waals surface area contributed by atoms with Crippen LogP contribution < -0.4 is 9.80 Å². The Kier molecular flexibility index (Phi) is 4.20. The van der Waals surface area contributed by atoms with Gasteiger partial charge in [0.2, 0.25) is 0 Å². The molecule has 5 rings (SSSR count). The highest BCUT2D eigenvalue weighted by Crippen LogP contribution is 2.34. The number of hydrogen-bond donors (Lipinski definition) is 0. The number of pyridine rings is 2. The van der Waals surface area contributed by atoms with Gasteiger partial charge in [0.05, 0.1) is 29.7 Å². The minimum atomic E-state index is 0.419. The maximum atomic E-state index is 9.10. The fourth-order valence-corrected chi connectivity index (χ4v) is 4.38. The third-order valence-electron chi connectivity index (χ3n) is 5.93. The van der Waals surface area contributed by atoms with Gasteiger partial charge in [-0.15, -0.1) is 0 Å². The summed E-state index contributed by atoms with van der Waals surface area (Å²) in [5.41, 5.74) is 5.15. The largest absolute Gasteiger partial charge is 0.352 e. The molecule has 0 saturated carbocycles. The molecule has 7 heteroatoms. The van der Waals surface area contributed by atoms with E-state index in [4.69, 9.17) is 10.2 Å². The Labute approximate surface area is 170 Å². The molecule has 7 nitrogen and oxygen atoms in total. The molecule has 0 aromatic carbocycles. The predicted octanol–water partition coefficient (Wildman–Crippen LogP) is 3.52. The van der Waals surface area contributed by atoms with Crippen molar-refractivity contribution in [3.05, 3.63) is 59.2 Å². The normalized spacial score (nSPS) is 18.2. The monoisotopic (exact) mass is 385 g/mol. The average Bonchev–Trinajstić information content (AvgIpc) is 3.24. The average molecular weight is 385 g/mol. The van der Waals surface area contributed by atoms with Crippen molar-refractivity contribution in [2.75, 3.05) is 22.9 Å². The van der Waals surface area contributed by atoms with Gasteiger partial charge in [0.15, 0.2) is 0 Å². The van der Waals surface area contributed by atoms with Gasteiger partial charge in [0.1, 0.15) is 17.7 Å². The Morgan fingerprint density at radius 1 is 1.17 bits per heavy atom. The number of hydrogen-bond acceptors (Lipinski definition) is 6. The summed E-state index contributed by atoms with van der Waals surface area (Å²) in [6.07, 6.45) is 7.48. The van der Waals surface area contributed by atoms with E-state index in [1.807, 2.05) is 25.4 Å². The maximum Gasteiger partial charge on any atom is 0.131 e. The number of nitrogens with zero attached hydrogens (tertiary/aromatic N) is 7. The van der Waals surface area contributed by atoms with Crippen LogP contribution in [0.3, 0.4) is 0 Å². The summed E-state index contributed by atoms with van der Waals surface area (Å²) in [4.78, 5) is 13.9. The zero-order chi connectivity index (χ0) is 20.0. The molecule has 2 aliphatic heterocycles. The highest BCUT2D eigenvalue weighted by Gasteiger charge is 2.26. The van der Waals surface area contributed by atoms with Crippen LogP contribution in [0.25, 0.3) is 0 Å². The summed E-state index contributed by atoms with van der Waals surface area (Å²) in [6, 6.07) is 8.83. The van der Waals surface area contributed by atoms with E-state index in [1.165, 1.54) is 5.56 Å². The number of aryl methyl sites for hydroxylation is 1. The highest BCUT2D eigenvalue weighted by molar-refractivity contribution is 5.62. The molecule has 0 saturated heterocycles. The van der Waals surface area contributed by atoms with Gasteiger partial charge < -0.3 is 9.80 Å². The van der Waals surface area contributed by atoms with Crippen LogP contribution in [0, 0.1) is 18.3 Å². The third-order valence-corrected chi connectivity index (χ3v) is 5.93. The van der Waals surface area contributed by atoms with E-state index in [9.17, 15) is 0 Å². The van der Waals surface area contributed by atoms with Gasteiger partial charge in [-0.1, -0.05) is 0 Å². The number of aromatic nitrogens is 4. The van der Waals surface area contributed by atoms with Crippen molar-refractivity contribution in [1.82, 2.24) is 19.7 Å². The van der Waals surface area contributed by atoms with Crippen LogP contribution >= 0.6 is 0 Å². The van der Waals surface area contributed by atoms with Crippen LogP contribution in [0.5, 0.6) is 0 Å². The minimum absolute atomic E-state index is 0.419. The molecule has 0 aliphatic carbocycles. The van der Waals surface area contributed by atoms with Crippen molar-refractivity contribution in [3.8, 4) is 6.07 Å². The lowest BCUT2D eigenvalue weighted by molar-refractivity contribution is 0.436. The summed E-state index contributed by atoms with van der Waals surface area (Å²) < 4.78 is 2.10. The van der Waals surface area contributed by atoms with Gasteiger partial charge in [-0.2, -0.15) is 10.4 Å².